The van der Waals surface area contributed by atoms with E-state index in [1.807, 2.05) is 12.1 Å². The molecule has 0 atom stereocenters. The number of aryl methyl sites for hydroxylation is 2. The van der Waals surface area contributed by atoms with Crippen molar-refractivity contribution in [1.82, 2.24) is 0 Å². The number of rotatable bonds is 9. The number of fused-ring (bicyclic) bond motifs is 2. The summed E-state index contributed by atoms with van der Waals surface area (Å²) in [6.07, 6.45) is 6.90. The molecule has 0 amide bonds. The third-order valence-electron chi connectivity index (χ3n) is 6.67. The molecule has 3 aromatic carbocycles. The lowest BCUT2D eigenvalue weighted by atomic mass is 9.80. The molecule has 0 fully saturated rings. The van der Waals surface area contributed by atoms with Crippen LogP contribution in [-0.2, 0) is 6.42 Å². The molecule has 4 rings (SSSR count). The lowest BCUT2D eigenvalue weighted by molar-refractivity contribution is -0.385. The molecule has 2 N–H and O–H groups in total. The van der Waals surface area contributed by atoms with Crippen molar-refractivity contribution in [3.8, 4) is 5.75 Å². The SMILES string of the molecule is CCCCCCCc1ccc(OC(=O)c2ccc3c(c2N)C(=O)c2ccc(C)c([N+](=O)[O-])c2C3=O)cc1. The molecular formula is C29H28N2O6. The first-order valence-corrected chi connectivity index (χ1v) is 12.4. The van der Waals surface area contributed by atoms with Crippen LogP contribution in [0, 0.1) is 17.0 Å². The van der Waals surface area contributed by atoms with Crippen molar-refractivity contribution in [2.24, 2.45) is 0 Å². The van der Waals surface area contributed by atoms with Gasteiger partial charge in [0.25, 0.3) is 5.69 Å². The Labute approximate surface area is 214 Å². The maximum absolute atomic E-state index is 13.3. The molecule has 1 aliphatic rings. The minimum absolute atomic E-state index is 0.0648. The van der Waals surface area contributed by atoms with Crippen LogP contribution >= 0.6 is 0 Å². The van der Waals surface area contributed by atoms with E-state index in [2.05, 4.69) is 6.92 Å². The Morgan fingerprint density at radius 2 is 1.51 bits per heavy atom. The second-order valence-corrected chi connectivity index (χ2v) is 9.22. The Kier molecular flexibility index (Phi) is 7.47. The van der Waals surface area contributed by atoms with E-state index in [0.717, 1.165) is 18.4 Å². The number of hydrogen-bond acceptors (Lipinski definition) is 7. The molecule has 1 aliphatic carbocycles. The van der Waals surface area contributed by atoms with Crippen LogP contribution in [0.4, 0.5) is 11.4 Å². The van der Waals surface area contributed by atoms with Crippen molar-refractivity contribution in [2.45, 2.75) is 52.4 Å². The highest BCUT2D eigenvalue weighted by Crippen LogP contribution is 2.38. The molecule has 8 heteroatoms. The average molecular weight is 501 g/mol. The van der Waals surface area contributed by atoms with Gasteiger partial charge < -0.3 is 10.5 Å². The van der Waals surface area contributed by atoms with Crippen LogP contribution in [-0.4, -0.2) is 22.5 Å². The summed E-state index contributed by atoms with van der Waals surface area (Å²) in [5, 5.41) is 11.6. The lowest BCUT2D eigenvalue weighted by Crippen LogP contribution is -2.25. The first kappa shape index (κ1) is 25.8. The molecule has 3 aromatic rings. The van der Waals surface area contributed by atoms with E-state index >= 15 is 0 Å². The highest BCUT2D eigenvalue weighted by atomic mass is 16.6. The smallest absolute Gasteiger partial charge is 0.345 e. The number of benzene rings is 3. The molecule has 0 spiro atoms. The Bertz CT molecular complexity index is 1410. The molecule has 0 heterocycles. The molecular weight excluding hydrogens is 472 g/mol. The highest BCUT2D eigenvalue weighted by Gasteiger charge is 2.38. The second kappa shape index (κ2) is 10.7. The van der Waals surface area contributed by atoms with Crippen LogP contribution in [0.2, 0.25) is 0 Å². The number of nitrogens with two attached hydrogens (primary N) is 1. The van der Waals surface area contributed by atoms with Crippen molar-refractivity contribution in [3.63, 3.8) is 0 Å². The van der Waals surface area contributed by atoms with Gasteiger partial charge in [0.2, 0.25) is 5.78 Å². The molecule has 190 valence electrons. The summed E-state index contributed by atoms with van der Waals surface area (Å²) in [5.41, 5.74) is 6.34. The fraction of sp³-hybridized carbons (Fsp3) is 0.276. The predicted octanol–water partition coefficient (Wildman–Crippen LogP) is 5.99. The van der Waals surface area contributed by atoms with Crippen molar-refractivity contribution in [2.75, 3.05) is 5.73 Å². The minimum Gasteiger partial charge on any atom is -0.423 e. The highest BCUT2D eigenvalue weighted by molar-refractivity contribution is 6.32. The zero-order chi connectivity index (χ0) is 26.7. The van der Waals surface area contributed by atoms with Crippen molar-refractivity contribution in [3.05, 3.63) is 97.6 Å². The van der Waals surface area contributed by atoms with Gasteiger partial charge in [-0.25, -0.2) is 4.79 Å². The summed E-state index contributed by atoms with van der Waals surface area (Å²) < 4.78 is 5.48. The number of nitro groups is 1. The molecule has 0 saturated heterocycles. The van der Waals surface area contributed by atoms with E-state index < -0.39 is 28.1 Å². The van der Waals surface area contributed by atoms with Gasteiger partial charge in [-0.3, -0.25) is 19.7 Å². The van der Waals surface area contributed by atoms with Crippen LogP contribution in [0.1, 0.15) is 92.4 Å². The van der Waals surface area contributed by atoms with Gasteiger partial charge in [-0.05, 0) is 55.7 Å². The van der Waals surface area contributed by atoms with Gasteiger partial charge in [0.05, 0.1) is 21.7 Å². The quantitative estimate of drug-likeness (QED) is 0.0745. The Hall–Kier alpha value is -4.33. The van der Waals surface area contributed by atoms with Gasteiger partial charge >= 0.3 is 5.97 Å². The molecule has 0 saturated carbocycles. The van der Waals surface area contributed by atoms with Gasteiger partial charge in [0.15, 0.2) is 5.78 Å². The van der Waals surface area contributed by atoms with Gasteiger partial charge in [0, 0.05) is 16.7 Å². The number of hydrogen-bond donors (Lipinski definition) is 1. The molecule has 8 nitrogen and oxygen atoms in total. The maximum atomic E-state index is 13.3. The van der Waals surface area contributed by atoms with Crippen LogP contribution < -0.4 is 10.5 Å². The second-order valence-electron chi connectivity index (χ2n) is 9.22. The largest absolute Gasteiger partial charge is 0.423 e. The van der Waals surface area contributed by atoms with E-state index in [9.17, 15) is 24.5 Å². The maximum Gasteiger partial charge on any atom is 0.345 e. The van der Waals surface area contributed by atoms with Gasteiger partial charge in [0.1, 0.15) is 11.3 Å². The summed E-state index contributed by atoms with van der Waals surface area (Å²) >= 11 is 0. The summed E-state index contributed by atoms with van der Waals surface area (Å²) in [4.78, 5) is 50.3. The number of anilines is 1. The van der Waals surface area contributed by atoms with E-state index in [-0.39, 0.29) is 39.1 Å². The van der Waals surface area contributed by atoms with Crippen molar-refractivity contribution < 1.29 is 24.0 Å². The Balaban J connectivity index is 1.56. The van der Waals surface area contributed by atoms with Crippen LogP contribution in [0.25, 0.3) is 0 Å². The summed E-state index contributed by atoms with van der Waals surface area (Å²) in [7, 11) is 0. The number of carbonyl (C=O) groups is 3. The predicted molar refractivity (Wildman–Crippen MR) is 139 cm³/mol. The Morgan fingerprint density at radius 3 is 2.19 bits per heavy atom. The van der Waals surface area contributed by atoms with Crippen LogP contribution in [0.3, 0.4) is 0 Å². The number of esters is 1. The van der Waals surface area contributed by atoms with Gasteiger partial charge in [-0.15, -0.1) is 0 Å². The fourth-order valence-electron chi connectivity index (χ4n) is 4.67. The third-order valence-corrected chi connectivity index (χ3v) is 6.67. The van der Waals surface area contributed by atoms with Crippen molar-refractivity contribution in [1.29, 1.82) is 0 Å². The molecule has 0 aromatic heterocycles. The zero-order valence-electron chi connectivity index (χ0n) is 20.8. The minimum atomic E-state index is -0.770. The average Bonchev–Trinajstić information content (AvgIpc) is 2.87. The van der Waals surface area contributed by atoms with E-state index in [1.54, 1.807) is 12.1 Å². The van der Waals surface area contributed by atoms with Crippen molar-refractivity contribution >= 4 is 28.9 Å². The number of nitrogen functional groups attached to an aromatic ring is 1. The summed E-state index contributed by atoms with van der Waals surface area (Å²) in [5.74, 6) is -1.77. The first-order chi connectivity index (χ1) is 17.7. The number of ether oxygens (including phenoxy) is 1. The molecule has 0 radical (unpaired) electrons. The number of carbonyl (C=O) groups excluding carboxylic acids is 3. The summed E-state index contributed by atoms with van der Waals surface area (Å²) in [6.45, 7) is 3.68. The third kappa shape index (κ3) is 5.00. The topological polar surface area (TPSA) is 130 Å². The fourth-order valence-corrected chi connectivity index (χ4v) is 4.67. The van der Waals surface area contributed by atoms with E-state index in [0.29, 0.717) is 5.75 Å². The standard InChI is InChI=1S/C29H28N2O6/c1-3-4-5-6-7-8-18-10-12-19(13-11-18)37-29(34)22-16-15-20-23(25(22)30)27(32)21-14-9-17(2)26(31(35)36)24(21)28(20)33/h9-16H,3-8,30H2,1-2H3. The van der Waals surface area contributed by atoms with Crippen LogP contribution in [0.15, 0.2) is 48.5 Å². The first-order valence-electron chi connectivity index (χ1n) is 12.4. The van der Waals surface area contributed by atoms with E-state index in [4.69, 9.17) is 10.5 Å². The molecule has 0 bridgehead atoms. The van der Waals surface area contributed by atoms with Crippen LogP contribution in [0.5, 0.6) is 5.75 Å². The number of nitro benzene ring substituents is 1. The molecule has 37 heavy (non-hydrogen) atoms. The monoisotopic (exact) mass is 500 g/mol. The number of unbranched alkanes of at least 4 members (excludes halogenated alkanes) is 4. The molecule has 0 aliphatic heterocycles. The number of nitrogens with zero attached hydrogens (tertiary/aromatic N) is 1. The van der Waals surface area contributed by atoms with E-state index in [1.165, 1.54) is 56.9 Å². The van der Waals surface area contributed by atoms with Gasteiger partial charge in [-0.2, -0.15) is 0 Å². The Morgan fingerprint density at radius 1 is 0.892 bits per heavy atom. The summed E-state index contributed by atoms with van der Waals surface area (Å²) in [6, 6.07) is 12.6. The van der Waals surface area contributed by atoms with Gasteiger partial charge in [-0.1, -0.05) is 50.8 Å². The molecule has 0 unspecified atom stereocenters. The number of ketones is 2. The normalized spacial score (nSPS) is 12.2. The zero-order valence-corrected chi connectivity index (χ0v) is 20.8. The lowest BCUT2D eigenvalue weighted by Gasteiger charge is -2.20.